The van der Waals surface area contributed by atoms with Crippen LogP contribution in [0.25, 0.3) is 0 Å². The third-order valence-electron chi connectivity index (χ3n) is 3.57. The fourth-order valence-corrected chi connectivity index (χ4v) is 2.25. The molecular weight excluding hydrogens is 216 g/mol. The first-order valence-electron chi connectivity index (χ1n) is 6.51. The molecule has 1 fully saturated rings. The van der Waals surface area contributed by atoms with Gasteiger partial charge in [-0.2, -0.15) is 0 Å². The molecule has 0 spiro atoms. The highest BCUT2D eigenvalue weighted by atomic mass is 16.3. The molecule has 1 rings (SSSR count). The first-order valence-corrected chi connectivity index (χ1v) is 6.51. The molecule has 0 bridgehead atoms. The molecule has 1 saturated heterocycles. The molecule has 0 radical (unpaired) electrons. The summed E-state index contributed by atoms with van der Waals surface area (Å²) in [6, 6.07) is -0.435. The zero-order chi connectivity index (χ0) is 13.1. The van der Waals surface area contributed by atoms with Gasteiger partial charge in [0.2, 0.25) is 5.91 Å². The Balaban J connectivity index is 2.57. The lowest BCUT2D eigenvalue weighted by molar-refractivity contribution is -0.136. The van der Waals surface area contributed by atoms with Crippen molar-refractivity contribution in [2.45, 2.75) is 46.1 Å². The summed E-state index contributed by atoms with van der Waals surface area (Å²) in [6.07, 6.45) is 2.91. The van der Waals surface area contributed by atoms with E-state index in [9.17, 15) is 4.79 Å². The Labute approximate surface area is 104 Å². The maximum Gasteiger partial charge on any atom is 0.240 e. The largest absolute Gasteiger partial charge is 0.396 e. The van der Waals surface area contributed by atoms with Gasteiger partial charge in [-0.05, 0) is 30.6 Å². The number of piperidine rings is 1. The summed E-state index contributed by atoms with van der Waals surface area (Å²) >= 11 is 0. The van der Waals surface area contributed by atoms with Crippen molar-refractivity contribution >= 4 is 5.91 Å². The topological polar surface area (TPSA) is 66.6 Å². The number of aliphatic hydroxyl groups is 1. The van der Waals surface area contributed by atoms with Gasteiger partial charge in [0.05, 0.1) is 6.04 Å². The maximum absolute atomic E-state index is 12.2. The number of nitrogens with zero attached hydrogens (tertiary/aromatic N) is 1. The number of carbonyl (C=O) groups is 1. The molecule has 0 aromatic carbocycles. The van der Waals surface area contributed by atoms with Crippen molar-refractivity contribution in [1.29, 1.82) is 0 Å². The lowest BCUT2D eigenvalue weighted by Gasteiger charge is -2.37. The van der Waals surface area contributed by atoms with Gasteiger partial charge in [0.1, 0.15) is 0 Å². The van der Waals surface area contributed by atoms with Crippen LogP contribution in [0.1, 0.15) is 40.0 Å². The van der Waals surface area contributed by atoms with Gasteiger partial charge in [0.25, 0.3) is 0 Å². The minimum atomic E-state index is -0.435. The van der Waals surface area contributed by atoms with E-state index in [2.05, 4.69) is 0 Å². The van der Waals surface area contributed by atoms with E-state index in [0.717, 1.165) is 32.4 Å². The minimum Gasteiger partial charge on any atom is -0.396 e. The summed E-state index contributed by atoms with van der Waals surface area (Å²) in [5.41, 5.74) is 5.81. The first kappa shape index (κ1) is 14.5. The SMILES string of the molecule is CC(C)(C)[C@H](N)C(=O)N1CCCC(CCO)C1. The van der Waals surface area contributed by atoms with E-state index >= 15 is 0 Å². The first-order chi connectivity index (χ1) is 7.86. The van der Waals surface area contributed by atoms with Crippen molar-refractivity contribution in [2.24, 2.45) is 17.1 Å². The molecule has 1 aliphatic heterocycles. The zero-order valence-electron chi connectivity index (χ0n) is 11.3. The Morgan fingerprint density at radius 2 is 2.18 bits per heavy atom. The van der Waals surface area contributed by atoms with Crippen molar-refractivity contribution in [3.63, 3.8) is 0 Å². The normalized spacial score (nSPS) is 23.6. The Bertz CT molecular complexity index is 259. The summed E-state index contributed by atoms with van der Waals surface area (Å²) in [5, 5.41) is 8.95. The van der Waals surface area contributed by atoms with Crippen LogP contribution in [0.3, 0.4) is 0 Å². The van der Waals surface area contributed by atoms with E-state index in [1.165, 1.54) is 0 Å². The molecular formula is C13H26N2O2. The van der Waals surface area contributed by atoms with Gasteiger partial charge >= 0.3 is 0 Å². The van der Waals surface area contributed by atoms with Crippen molar-refractivity contribution < 1.29 is 9.90 Å². The quantitative estimate of drug-likeness (QED) is 0.775. The number of rotatable bonds is 3. The molecule has 17 heavy (non-hydrogen) atoms. The summed E-state index contributed by atoms with van der Waals surface area (Å²) in [4.78, 5) is 14.1. The average molecular weight is 242 g/mol. The van der Waals surface area contributed by atoms with Crippen LogP contribution in [-0.2, 0) is 4.79 Å². The number of aliphatic hydroxyl groups excluding tert-OH is 1. The van der Waals surface area contributed by atoms with E-state index in [4.69, 9.17) is 10.8 Å². The van der Waals surface area contributed by atoms with E-state index in [1.807, 2.05) is 25.7 Å². The molecule has 1 aliphatic rings. The van der Waals surface area contributed by atoms with Crippen LogP contribution >= 0.6 is 0 Å². The molecule has 1 amide bonds. The number of nitrogens with two attached hydrogens (primary N) is 1. The van der Waals surface area contributed by atoms with Crippen molar-refractivity contribution in [2.75, 3.05) is 19.7 Å². The highest BCUT2D eigenvalue weighted by Gasteiger charge is 2.33. The zero-order valence-corrected chi connectivity index (χ0v) is 11.3. The van der Waals surface area contributed by atoms with Crippen LogP contribution in [-0.4, -0.2) is 41.7 Å². The standard InChI is InChI=1S/C13H26N2O2/c1-13(2,3)11(14)12(17)15-7-4-5-10(9-15)6-8-16/h10-11,16H,4-9,14H2,1-3H3/t10?,11-/m1/s1. The highest BCUT2D eigenvalue weighted by molar-refractivity contribution is 5.82. The minimum absolute atomic E-state index is 0.0557. The van der Waals surface area contributed by atoms with Crippen LogP contribution in [0, 0.1) is 11.3 Å². The smallest absolute Gasteiger partial charge is 0.240 e. The van der Waals surface area contributed by atoms with Crippen molar-refractivity contribution in [1.82, 2.24) is 4.90 Å². The van der Waals surface area contributed by atoms with E-state index in [-0.39, 0.29) is 17.9 Å². The van der Waals surface area contributed by atoms with Crippen molar-refractivity contribution in [3.05, 3.63) is 0 Å². The van der Waals surface area contributed by atoms with Crippen LogP contribution < -0.4 is 5.73 Å². The molecule has 100 valence electrons. The van der Waals surface area contributed by atoms with Crippen LogP contribution in [0.5, 0.6) is 0 Å². The van der Waals surface area contributed by atoms with Gasteiger partial charge < -0.3 is 15.7 Å². The predicted molar refractivity (Wildman–Crippen MR) is 68.4 cm³/mol. The third kappa shape index (κ3) is 3.96. The molecule has 1 heterocycles. The van der Waals surface area contributed by atoms with E-state index < -0.39 is 6.04 Å². The van der Waals surface area contributed by atoms with Gasteiger partial charge in [0, 0.05) is 19.7 Å². The van der Waals surface area contributed by atoms with Gasteiger partial charge in [-0.1, -0.05) is 20.8 Å². The fraction of sp³-hybridized carbons (Fsp3) is 0.923. The average Bonchev–Trinajstić information content (AvgIpc) is 2.27. The van der Waals surface area contributed by atoms with Crippen LogP contribution in [0.4, 0.5) is 0 Å². The van der Waals surface area contributed by atoms with Crippen LogP contribution in [0.15, 0.2) is 0 Å². The maximum atomic E-state index is 12.2. The summed E-state index contributed by atoms with van der Waals surface area (Å²) in [6.45, 7) is 7.74. The second kappa shape index (κ2) is 5.83. The lowest BCUT2D eigenvalue weighted by atomic mass is 9.85. The molecule has 4 heteroatoms. The fourth-order valence-electron chi connectivity index (χ4n) is 2.25. The molecule has 0 saturated carbocycles. The molecule has 0 aromatic heterocycles. The Kier molecular flexibility index (Phi) is 4.95. The summed E-state index contributed by atoms with van der Waals surface area (Å²) in [7, 11) is 0. The predicted octanol–water partition coefficient (Wildman–Crippen LogP) is 0.981. The number of carbonyl (C=O) groups excluding carboxylic acids is 1. The van der Waals surface area contributed by atoms with E-state index in [1.54, 1.807) is 0 Å². The van der Waals surface area contributed by atoms with Gasteiger partial charge in [-0.15, -0.1) is 0 Å². The van der Waals surface area contributed by atoms with Gasteiger partial charge in [-0.3, -0.25) is 4.79 Å². The third-order valence-corrected chi connectivity index (χ3v) is 3.57. The molecule has 0 aliphatic carbocycles. The van der Waals surface area contributed by atoms with Crippen LogP contribution in [0.2, 0.25) is 0 Å². The van der Waals surface area contributed by atoms with Crippen molar-refractivity contribution in [3.8, 4) is 0 Å². The monoisotopic (exact) mass is 242 g/mol. The second-order valence-corrected chi connectivity index (χ2v) is 6.15. The molecule has 0 aromatic rings. The molecule has 2 atom stereocenters. The summed E-state index contributed by atoms with van der Waals surface area (Å²) in [5.74, 6) is 0.491. The molecule has 4 nitrogen and oxygen atoms in total. The Morgan fingerprint density at radius 3 is 2.71 bits per heavy atom. The highest BCUT2D eigenvalue weighted by Crippen LogP contribution is 2.23. The van der Waals surface area contributed by atoms with Gasteiger partial charge in [-0.25, -0.2) is 0 Å². The number of hydrogen-bond acceptors (Lipinski definition) is 3. The second-order valence-electron chi connectivity index (χ2n) is 6.15. The van der Waals surface area contributed by atoms with Gasteiger partial charge in [0.15, 0.2) is 0 Å². The number of hydrogen-bond donors (Lipinski definition) is 2. The molecule has 3 N–H and O–H groups in total. The number of likely N-dealkylation sites (tertiary alicyclic amines) is 1. The Morgan fingerprint density at radius 1 is 1.53 bits per heavy atom. The summed E-state index contributed by atoms with van der Waals surface area (Å²) < 4.78 is 0. The Hall–Kier alpha value is -0.610. The molecule has 1 unspecified atom stereocenters. The lowest BCUT2D eigenvalue weighted by Crippen LogP contribution is -2.53. The van der Waals surface area contributed by atoms with E-state index in [0.29, 0.717) is 5.92 Å². The number of amides is 1.